The Morgan fingerprint density at radius 1 is 0.565 bits per heavy atom. The van der Waals surface area contributed by atoms with Gasteiger partial charge in [-0.15, -0.1) is 20.4 Å². The largest absolute Gasteiger partial charge is 0.494 e. The molecule has 0 saturated carbocycles. The van der Waals surface area contributed by atoms with Crippen LogP contribution in [0.2, 0.25) is 0 Å². The van der Waals surface area contributed by atoms with Gasteiger partial charge in [-0.3, -0.25) is 14.4 Å². The van der Waals surface area contributed by atoms with Crippen LogP contribution < -0.4 is 34.4 Å². The number of hydrogen-bond donors (Lipinski definition) is 4. The Morgan fingerprint density at radius 3 is 1.40 bits per heavy atom. The average Bonchev–Trinajstić information content (AvgIpc) is 2.95. The molecule has 10 heterocycles. The number of nitrogens with one attached hydrogen (secondary N) is 3. The van der Waals surface area contributed by atoms with Crippen molar-refractivity contribution in [3.05, 3.63) is 133 Å². The van der Waals surface area contributed by atoms with E-state index in [9.17, 15) is 19.2 Å². The second kappa shape index (κ2) is 25.2. The van der Waals surface area contributed by atoms with Crippen molar-refractivity contribution in [2.24, 2.45) is 0 Å². The van der Waals surface area contributed by atoms with E-state index in [2.05, 4.69) is 93.8 Å². The Hall–Kier alpha value is -10.7. The predicted molar refractivity (Wildman–Crippen MR) is 318 cm³/mol. The lowest BCUT2D eigenvalue weighted by Gasteiger charge is -2.36. The number of carboxylic acid groups (broad SMARTS) is 1. The van der Waals surface area contributed by atoms with Crippen LogP contribution in [0.15, 0.2) is 110 Å². The van der Waals surface area contributed by atoms with Gasteiger partial charge in [-0.05, 0) is 13.8 Å². The van der Waals surface area contributed by atoms with E-state index in [1.807, 2.05) is 92.6 Å². The molecule has 0 bridgehead atoms. The lowest BCUT2D eigenvalue weighted by molar-refractivity contribution is -0.131. The number of ketones is 2. The summed E-state index contributed by atoms with van der Waals surface area (Å²) >= 11 is 0. The maximum absolute atomic E-state index is 13.6. The first kappa shape index (κ1) is 57.5. The van der Waals surface area contributed by atoms with Gasteiger partial charge >= 0.3 is 5.97 Å². The summed E-state index contributed by atoms with van der Waals surface area (Å²) < 4.78 is 13.6. The minimum absolute atomic E-state index is 0.000151. The number of rotatable bonds is 14. The van der Waals surface area contributed by atoms with Gasteiger partial charge in [0.15, 0.2) is 23.3 Å². The Morgan fingerprint density at radius 2 is 1.00 bits per heavy atom. The quantitative estimate of drug-likeness (QED) is 0.0834. The lowest BCUT2D eigenvalue weighted by atomic mass is 10.1. The normalized spacial score (nSPS) is 13.2. The Balaban J connectivity index is 0.000000157. The van der Waals surface area contributed by atoms with Crippen molar-refractivity contribution in [2.75, 3.05) is 114 Å². The highest BCUT2D eigenvalue weighted by Gasteiger charge is 2.32. The molecule has 10 aromatic rings. The van der Waals surface area contributed by atoms with Crippen LogP contribution >= 0.6 is 0 Å². The monoisotopic (exact) mass is 1150 g/mol. The van der Waals surface area contributed by atoms with Crippen LogP contribution in [-0.4, -0.2) is 198 Å². The Kier molecular flexibility index (Phi) is 17.1. The predicted octanol–water partition coefficient (Wildman–Crippen LogP) is 4.86. The first-order valence-electron chi connectivity index (χ1n) is 27.0. The molecule has 2 fully saturated rings. The fourth-order valence-electron chi connectivity index (χ4n) is 9.82. The van der Waals surface area contributed by atoms with Crippen LogP contribution in [0.25, 0.3) is 56.0 Å². The zero-order chi connectivity index (χ0) is 59.9. The molecule has 436 valence electrons. The summed E-state index contributed by atoms with van der Waals surface area (Å²) in [6.45, 7) is 9.34. The van der Waals surface area contributed by atoms with E-state index < -0.39 is 23.4 Å². The van der Waals surface area contributed by atoms with E-state index in [1.165, 1.54) is 60.4 Å². The summed E-state index contributed by atoms with van der Waals surface area (Å²) in [4.78, 5) is 82.7. The number of amides is 1. The summed E-state index contributed by atoms with van der Waals surface area (Å²) in [6.07, 6.45) is 8.77. The van der Waals surface area contributed by atoms with Crippen LogP contribution in [0, 0.1) is 13.8 Å². The summed E-state index contributed by atoms with van der Waals surface area (Å²) in [5, 5.41) is 39.4. The molecular weight excluding hydrogens is 1090 g/mol. The zero-order valence-corrected chi connectivity index (χ0v) is 48.0. The first-order valence-corrected chi connectivity index (χ1v) is 27.0. The maximum atomic E-state index is 13.6. The van der Waals surface area contributed by atoms with E-state index in [0.717, 1.165) is 66.0 Å². The van der Waals surface area contributed by atoms with Crippen molar-refractivity contribution in [3.8, 4) is 45.6 Å². The van der Waals surface area contributed by atoms with Gasteiger partial charge in [0, 0.05) is 116 Å². The van der Waals surface area contributed by atoms with E-state index in [1.54, 1.807) is 25.1 Å². The number of hydrogen-bond acceptors (Lipinski definition) is 21. The molecule has 27 heteroatoms. The number of aliphatic carboxylic acids is 1. The number of nitrogens with zero attached hydrogens (tertiary/aromatic N) is 17. The van der Waals surface area contributed by atoms with Crippen molar-refractivity contribution in [1.29, 1.82) is 0 Å². The summed E-state index contributed by atoms with van der Waals surface area (Å²) in [7, 11) is 10.7. The molecule has 0 aliphatic carbocycles. The fraction of sp³-hybridized carbons (Fsp3) is 0.276. The number of pyridine rings is 2. The van der Waals surface area contributed by atoms with Gasteiger partial charge < -0.3 is 54.4 Å². The molecule has 12 rings (SSSR count). The van der Waals surface area contributed by atoms with Crippen LogP contribution in [0.4, 0.5) is 23.0 Å². The third-order valence-corrected chi connectivity index (χ3v) is 14.2. The minimum atomic E-state index is -1.54. The van der Waals surface area contributed by atoms with Gasteiger partial charge in [0.05, 0.1) is 70.9 Å². The van der Waals surface area contributed by atoms with Crippen molar-refractivity contribution in [1.82, 2.24) is 80.1 Å². The van der Waals surface area contributed by atoms with E-state index in [-0.39, 0.29) is 11.1 Å². The molecule has 2 aliphatic heterocycles. The number of aromatic amines is 2. The fourth-order valence-corrected chi connectivity index (χ4v) is 9.82. The van der Waals surface area contributed by atoms with Crippen LogP contribution in [0.1, 0.15) is 32.4 Å². The molecule has 0 unspecified atom stereocenters. The summed E-state index contributed by atoms with van der Waals surface area (Å²) in [5.41, 5.74) is 7.09. The van der Waals surface area contributed by atoms with Gasteiger partial charge in [-0.1, -0.05) is 60.7 Å². The second-order valence-corrected chi connectivity index (χ2v) is 20.1. The van der Waals surface area contributed by atoms with Crippen molar-refractivity contribution >= 4 is 68.3 Å². The van der Waals surface area contributed by atoms with Gasteiger partial charge in [0.25, 0.3) is 17.5 Å². The molecule has 8 aromatic heterocycles. The summed E-state index contributed by atoms with van der Waals surface area (Å²) in [6, 6.07) is 24.3. The number of anilines is 4. The first-order chi connectivity index (χ1) is 41.1. The zero-order valence-electron chi connectivity index (χ0n) is 48.0. The van der Waals surface area contributed by atoms with Crippen molar-refractivity contribution < 1.29 is 33.8 Å². The third kappa shape index (κ3) is 12.1. The SMILES string of the molecule is CN(C)c1cc(N2CCNCC2)c(-c2ccccc2)nn1.COc1cnc(-n2cnc(C)n2)c2[nH]cc(C(=O)C(=O)N3CCN(c4cc(N(C)C)nnc4-c4ccccc4)CC3)c12.COc1cnc(-n2cnc(C)n2)c2[nH]cc(C(=O)C(=O)O)c12. The number of carboxylic acids is 1. The highest BCUT2D eigenvalue weighted by atomic mass is 16.5. The number of fused-ring (bicyclic) bond motifs is 2. The van der Waals surface area contributed by atoms with E-state index >= 15 is 0 Å². The number of carbonyl (C=O) groups is 4. The number of Topliss-reactive ketones (excluding diaryl/α,β-unsaturated/α-hetero) is 2. The number of carbonyl (C=O) groups excluding carboxylic acids is 3. The molecule has 0 spiro atoms. The number of benzene rings is 2. The van der Waals surface area contributed by atoms with Crippen LogP contribution in [-0.2, 0) is 9.59 Å². The third-order valence-electron chi connectivity index (χ3n) is 14.2. The van der Waals surface area contributed by atoms with E-state index in [4.69, 9.17) is 14.6 Å². The molecule has 2 saturated heterocycles. The van der Waals surface area contributed by atoms with Gasteiger partial charge in [0.2, 0.25) is 0 Å². The van der Waals surface area contributed by atoms with E-state index in [0.29, 0.717) is 82.8 Å². The number of ether oxygens (including phenoxy) is 2. The standard InChI is InChI=1S/C29H30N10O3.C16H21N5.C13H11N5O4/c1-18-32-17-39(35-18)28-26-24(22(42-4)16-31-28)20(15-30-26)27(40)29(41)38-12-10-37(11-13-38)21-14-23(36(2)3)33-34-25(21)19-8-6-5-7-9-19;1-20(2)15-12-14(21-10-8-17-9-11-21)16(19-18-15)13-6-4-3-5-7-13;1-6-16-5-18(17-6)12-10-9(8(22-2)4-15-12)7(3-14-10)11(19)13(20)21/h5-9,14-17,30H,10-13H2,1-4H3;3-7,12,17H,8-11H2,1-2H3;3-5,14H,1-2H3,(H,20,21). The highest BCUT2D eigenvalue weighted by molar-refractivity contribution is 6.45. The molecule has 1 amide bonds. The molecular formula is C58H62N20O7. The summed E-state index contributed by atoms with van der Waals surface area (Å²) in [5.74, 6) is 0.505. The minimum Gasteiger partial charge on any atom is -0.494 e. The average molecular weight is 1150 g/mol. The van der Waals surface area contributed by atoms with Gasteiger partial charge in [-0.2, -0.15) is 10.2 Å². The lowest BCUT2D eigenvalue weighted by Crippen LogP contribution is -2.50. The Bertz CT molecular complexity index is 4030. The molecule has 2 aromatic carbocycles. The van der Waals surface area contributed by atoms with Crippen LogP contribution in [0.5, 0.6) is 11.5 Å². The number of H-pyrrole nitrogens is 2. The van der Waals surface area contributed by atoms with Crippen LogP contribution in [0.3, 0.4) is 0 Å². The van der Waals surface area contributed by atoms with Gasteiger partial charge in [-0.25, -0.2) is 34.1 Å². The second-order valence-electron chi connectivity index (χ2n) is 20.1. The van der Waals surface area contributed by atoms with Gasteiger partial charge in [0.1, 0.15) is 47.2 Å². The number of aromatic nitrogens is 14. The smallest absolute Gasteiger partial charge is 0.377 e. The van der Waals surface area contributed by atoms with Crippen molar-refractivity contribution in [2.45, 2.75) is 13.8 Å². The maximum Gasteiger partial charge on any atom is 0.377 e. The molecule has 2 aliphatic rings. The van der Waals surface area contributed by atoms with Crippen molar-refractivity contribution in [3.63, 3.8) is 0 Å². The number of methoxy groups -OCH3 is 2. The number of aryl methyl sites for hydroxylation is 2. The highest BCUT2D eigenvalue weighted by Crippen LogP contribution is 2.36. The molecule has 0 radical (unpaired) electrons. The molecule has 0 atom stereocenters. The molecule has 4 N–H and O–H groups in total. The molecule has 27 nitrogen and oxygen atoms in total. The Labute approximate surface area is 487 Å². The molecule has 85 heavy (non-hydrogen) atoms. The number of piperazine rings is 2. The topological polar surface area (TPSA) is 306 Å².